The number of nitrogens with zero attached hydrogens (tertiary/aromatic N) is 1. The molecule has 3 aromatic rings. The van der Waals surface area contributed by atoms with Crippen molar-refractivity contribution in [2.24, 2.45) is 0 Å². The van der Waals surface area contributed by atoms with Gasteiger partial charge in [-0.3, -0.25) is 9.69 Å². The van der Waals surface area contributed by atoms with Crippen molar-refractivity contribution in [1.82, 2.24) is 4.90 Å². The predicted molar refractivity (Wildman–Crippen MR) is 112 cm³/mol. The highest BCUT2D eigenvalue weighted by atomic mass is 35.5. The van der Waals surface area contributed by atoms with E-state index in [4.69, 9.17) is 20.8 Å². The normalized spacial score (nSPS) is 12.0. The van der Waals surface area contributed by atoms with Crippen molar-refractivity contribution in [2.75, 3.05) is 19.5 Å². The lowest BCUT2D eigenvalue weighted by Crippen LogP contribution is -2.39. The molecule has 0 saturated carbocycles. The third kappa shape index (κ3) is 4.74. The highest BCUT2D eigenvalue weighted by Crippen LogP contribution is 2.25. The van der Waals surface area contributed by atoms with Gasteiger partial charge in [-0.05, 0) is 62.5 Å². The van der Waals surface area contributed by atoms with Crippen molar-refractivity contribution in [3.8, 4) is 17.1 Å². The van der Waals surface area contributed by atoms with Crippen LogP contribution >= 0.6 is 11.6 Å². The largest absolute Gasteiger partial charge is 0.495 e. The zero-order chi connectivity index (χ0) is 20.1. The van der Waals surface area contributed by atoms with E-state index in [0.29, 0.717) is 23.0 Å². The Hall–Kier alpha value is -2.76. The Morgan fingerprint density at radius 2 is 1.86 bits per heavy atom. The third-order valence-corrected chi connectivity index (χ3v) is 4.85. The van der Waals surface area contributed by atoms with Crippen LogP contribution in [0.4, 0.5) is 5.69 Å². The smallest absolute Gasteiger partial charge is 0.241 e. The first-order valence-electron chi connectivity index (χ1n) is 8.96. The number of methoxy groups -OCH3 is 1. The lowest BCUT2D eigenvalue weighted by molar-refractivity contribution is -0.120. The second-order valence-corrected chi connectivity index (χ2v) is 6.99. The number of nitrogens with one attached hydrogen (secondary N) is 1. The molecular weight excluding hydrogens is 376 g/mol. The molecule has 1 atom stereocenters. The molecule has 1 heterocycles. The van der Waals surface area contributed by atoms with E-state index in [1.54, 1.807) is 7.11 Å². The molecule has 2 aromatic carbocycles. The fourth-order valence-corrected chi connectivity index (χ4v) is 2.93. The van der Waals surface area contributed by atoms with Crippen LogP contribution in [0.3, 0.4) is 0 Å². The van der Waals surface area contributed by atoms with E-state index in [0.717, 1.165) is 17.1 Å². The average molecular weight is 399 g/mol. The monoisotopic (exact) mass is 398 g/mol. The quantitative estimate of drug-likeness (QED) is 0.603. The van der Waals surface area contributed by atoms with E-state index in [2.05, 4.69) is 5.32 Å². The number of rotatable bonds is 7. The van der Waals surface area contributed by atoms with Gasteiger partial charge in [0.2, 0.25) is 5.91 Å². The molecule has 0 aliphatic rings. The van der Waals surface area contributed by atoms with Crippen LogP contribution in [-0.4, -0.2) is 31.0 Å². The van der Waals surface area contributed by atoms with Gasteiger partial charge in [0.25, 0.3) is 0 Å². The zero-order valence-corrected chi connectivity index (χ0v) is 16.9. The van der Waals surface area contributed by atoms with Crippen LogP contribution in [0.1, 0.15) is 12.7 Å². The zero-order valence-electron chi connectivity index (χ0n) is 16.1. The Balaban J connectivity index is 1.63. The van der Waals surface area contributed by atoms with Crippen LogP contribution in [-0.2, 0) is 11.3 Å². The number of likely N-dealkylation sites (N-methyl/N-ethyl adjacent to an activating group) is 1. The van der Waals surface area contributed by atoms with Gasteiger partial charge in [0.15, 0.2) is 0 Å². The number of para-hydroxylation sites is 2. The fourth-order valence-electron chi connectivity index (χ4n) is 2.80. The van der Waals surface area contributed by atoms with Crippen LogP contribution in [0.2, 0.25) is 5.02 Å². The van der Waals surface area contributed by atoms with Crippen LogP contribution < -0.4 is 10.1 Å². The first-order chi connectivity index (χ1) is 13.5. The Labute approximate surface area is 169 Å². The molecule has 0 aliphatic heterocycles. The van der Waals surface area contributed by atoms with E-state index in [1.807, 2.05) is 79.5 Å². The predicted octanol–water partition coefficient (Wildman–Crippen LogP) is 5.07. The van der Waals surface area contributed by atoms with E-state index >= 15 is 0 Å². The molecule has 1 N–H and O–H groups in total. The van der Waals surface area contributed by atoms with E-state index in [9.17, 15) is 4.79 Å². The molecule has 0 unspecified atom stereocenters. The Morgan fingerprint density at radius 3 is 2.57 bits per heavy atom. The maximum Gasteiger partial charge on any atom is 0.241 e. The number of amides is 1. The molecule has 5 nitrogen and oxygen atoms in total. The summed E-state index contributed by atoms with van der Waals surface area (Å²) >= 11 is 5.93. The van der Waals surface area contributed by atoms with Gasteiger partial charge in [0.05, 0.1) is 25.4 Å². The van der Waals surface area contributed by atoms with Gasteiger partial charge in [0, 0.05) is 10.6 Å². The minimum absolute atomic E-state index is 0.114. The van der Waals surface area contributed by atoms with Gasteiger partial charge < -0.3 is 14.5 Å². The summed E-state index contributed by atoms with van der Waals surface area (Å²) in [5.74, 6) is 2.07. The highest BCUT2D eigenvalue weighted by molar-refractivity contribution is 6.30. The van der Waals surface area contributed by atoms with Crippen molar-refractivity contribution in [1.29, 1.82) is 0 Å². The summed E-state index contributed by atoms with van der Waals surface area (Å²) in [5.41, 5.74) is 1.61. The standard InChI is InChI=1S/C22H23ClN2O3/c1-15(22(26)24-19-6-4-5-7-21(19)27-3)25(2)14-18-12-13-20(28-18)16-8-10-17(23)11-9-16/h4-13,15H,14H2,1-3H3,(H,24,26)/t15-/m0/s1. The number of benzene rings is 2. The van der Waals surface area contributed by atoms with Gasteiger partial charge in [0.1, 0.15) is 17.3 Å². The summed E-state index contributed by atoms with van der Waals surface area (Å²) in [4.78, 5) is 14.5. The fraction of sp³-hybridized carbons (Fsp3) is 0.227. The van der Waals surface area contributed by atoms with Gasteiger partial charge in [-0.25, -0.2) is 0 Å². The summed E-state index contributed by atoms with van der Waals surface area (Å²) < 4.78 is 11.2. The topological polar surface area (TPSA) is 54.7 Å². The lowest BCUT2D eigenvalue weighted by Gasteiger charge is -2.23. The first-order valence-corrected chi connectivity index (χ1v) is 9.34. The Morgan fingerprint density at radius 1 is 1.14 bits per heavy atom. The van der Waals surface area contributed by atoms with Crippen molar-refractivity contribution in [2.45, 2.75) is 19.5 Å². The molecule has 28 heavy (non-hydrogen) atoms. The lowest BCUT2D eigenvalue weighted by atomic mass is 10.2. The molecule has 0 aliphatic carbocycles. The molecule has 6 heteroatoms. The number of carbonyl (C=O) groups excluding carboxylic acids is 1. The van der Waals surface area contributed by atoms with E-state index in [1.165, 1.54) is 0 Å². The second kappa shape index (κ2) is 8.95. The molecule has 1 aromatic heterocycles. The molecule has 0 fully saturated rings. The summed E-state index contributed by atoms with van der Waals surface area (Å²) in [5, 5.41) is 3.60. The molecule has 146 valence electrons. The number of anilines is 1. The highest BCUT2D eigenvalue weighted by Gasteiger charge is 2.20. The molecule has 0 radical (unpaired) electrons. The van der Waals surface area contributed by atoms with Gasteiger partial charge in [-0.1, -0.05) is 23.7 Å². The second-order valence-electron chi connectivity index (χ2n) is 6.55. The molecule has 0 spiro atoms. The van der Waals surface area contributed by atoms with Gasteiger partial charge in [-0.2, -0.15) is 0 Å². The van der Waals surface area contributed by atoms with Gasteiger partial charge >= 0.3 is 0 Å². The van der Waals surface area contributed by atoms with Crippen molar-refractivity contribution in [3.05, 3.63) is 71.4 Å². The minimum atomic E-state index is -0.353. The summed E-state index contributed by atoms with van der Waals surface area (Å²) in [6.07, 6.45) is 0. The van der Waals surface area contributed by atoms with Crippen LogP contribution in [0, 0.1) is 0 Å². The van der Waals surface area contributed by atoms with E-state index in [-0.39, 0.29) is 11.9 Å². The Bertz CT molecular complexity index is 937. The van der Waals surface area contributed by atoms with Crippen molar-refractivity contribution >= 4 is 23.2 Å². The van der Waals surface area contributed by atoms with E-state index < -0.39 is 0 Å². The number of carbonyl (C=O) groups is 1. The average Bonchev–Trinajstić information content (AvgIpc) is 3.16. The number of hydrogen-bond acceptors (Lipinski definition) is 4. The molecular formula is C22H23ClN2O3. The maximum atomic E-state index is 12.6. The first kappa shape index (κ1) is 20.0. The summed E-state index contributed by atoms with van der Waals surface area (Å²) in [6.45, 7) is 2.36. The molecule has 3 rings (SSSR count). The molecule has 0 bridgehead atoms. The minimum Gasteiger partial charge on any atom is -0.495 e. The third-order valence-electron chi connectivity index (χ3n) is 4.60. The molecule has 1 amide bonds. The Kier molecular flexibility index (Phi) is 6.39. The summed E-state index contributed by atoms with van der Waals surface area (Å²) in [6, 6.07) is 18.3. The summed E-state index contributed by atoms with van der Waals surface area (Å²) in [7, 11) is 3.46. The maximum absolute atomic E-state index is 12.6. The van der Waals surface area contributed by atoms with Crippen molar-refractivity contribution < 1.29 is 13.9 Å². The molecule has 0 saturated heterocycles. The number of ether oxygens (including phenoxy) is 1. The SMILES string of the molecule is COc1ccccc1NC(=O)[C@H](C)N(C)Cc1ccc(-c2ccc(Cl)cc2)o1. The van der Waals surface area contributed by atoms with Crippen LogP contribution in [0.5, 0.6) is 5.75 Å². The van der Waals surface area contributed by atoms with Crippen LogP contribution in [0.15, 0.2) is 65.1 Å². The van der Waals surface area contributed by atoms with Gasteiger partial charge in [-0.15, -0.1) is 0 Å². The number of hydrogen-bond donors (Lipinski definition) is 1. The van der Waals surface area contributed by atoms with Crippen molar-refractivity contribution in [3.63, 3.8) is 0 Å². The number of furan rings is 1. The number of halogens is 1. The van der Waals surface area contributed by atoms with Crippen LogP contribution in [0.25, 0.3) is 11.3 Å².